The van der Waals surface area contributed by atoms with Gasteiger partial charge in [0.25, 0.3) is 0 Å². The highest BCUT2D eigenvalue weighted by atomic mass is 16.1. The van der Waals surface area contributed by atoms with Gasteiger partial charge < -0.3 is 0 Å². The van der Waals surface area contributed by atoms with Crippen LogP contribution >= 0.6 is 0 Å². The lowest BCUT2D eigenvalue weighted by Crippen LogP contribution is -2.49. The summed E-state index contributed by atoms with van der Waals surface area (Å²) in [7, 11) is 2.23. The lowest BCUT2D eigenvalue weighted by atomic mass is 9.98. The first-order valence-electron chi connectivity index (χ1n) is 5.81. The van der Waals surface area contributed by atoms with Gasteiger partial charge in [-0.15, -0.1) is 0 Å². The molecule has 0 saturated carbocycles. The number of hydrogen-bond acceptors (Lipinski definition) is 1. The molecule has 0 radical (unpaired) electrons. The molecular weight excluding hydrogens is 174 g/mol. The predicted octanol–water partition coefficient (Wildman–Crippen LogP) is 2.25. The summed E-state index contributed by atoms with van der Waals surface area (Å²) >= 11 is 0. The number of ketones is 1. The van der Waals surface area contributed by atoms with Crippen LogP contribution in [0.15, 0.2) is 11.8 Å². The first kappa shape index (κ1) is 9.91. The molecule has 78 valence electrons. The van der Waals surface area contributed by atoms with E-state index in [4.69, 9.17) is 0 Å². The summed E-state index contributed by atoms with van der Waals surface area (Å²) < 4.78 is 0.916. The van der Waals surface area contributed by atoms with Crippen molar-refractivity contribution in [3.8, 4) is 0 Å². The number of piperidine rings is 1. The molecule has 2 rings (SSSR count). The number of carbonyl (C=O) groups is 1. The zero-order chi connectivity index (χ0) is 10.0. The van der Waals surface area contributed by atoms with E-state index in [9.17, 15) is 4.79 Å². The van der Waals surface area contributed by atoms with Crippen molar-refractivity contribution in [3.05, 3.63) is 11.8 Å². The van der Waals surface area contributed by atoms with Gasteiger partial charge in [-0.3, -0.25) is 9.28 Å². The Morgan fingerprint density at radius 2 is 1.86 bits per heavy atom. The second-order valence-electron chi connectivity index (χ2n) is 4.81. The van der Waals surface area contributed by atoms with E-state index in [2.05, 4.69) is 13.1 Å². The monoisotopic (exact) mass is 194 g/mol. The van der Waals surface area contributed by atoms with Gasteiger partial charge in [0.2, 0.25) is 5.78 Å². The molecule has 2 aliphatic rings. The van der Waals surface area contributed by atoms with Crippen molar-refractivity contribution in [2.75, 3.05) is 20.1 Å². The number of likely N-dealkylation sites (tertiary alicyclic amines) is 1. The molecule has 0 amide bonds. The number of carbonyl (C=O) groups excluding carboxylic acids is 1. The van der Waals surface area contributed by atoms with E-state index >= 15 is 0 Å². The Labute approximate surface area is 86.2 Å². The van der Waals surface area contributed by atoms with E-state index < -0.39 is 0 Å². The molecule has 0 spiro atoms. The Balaban J connectivity index is 2.18. The van der Waals surface area contributed by atoms with Gasteiger partial charge in [-0.25, -0.2) is 0 Å². The summed E-state index contributed by atoms with van der Waals surface area (Å²) in [6.45, 7) is 2.33. The normalized spacial score (nSPS) is 27.2. The smallest absolute Gasteiger partial charge is 0.215 e. The van der Waals surface area contributed by atoms with Crippen LogP contribution in [0.5, 0.6) is 0 Å². The fourth-order valence-electron chi connectivity index (χ4n) is 2.72. The minimum absolute atomic E-state index is 0.403. The Hall–Kier alpha value is -0.630. The van der Waals surface area contributed by atoms with Crippen LogP contribution < -0.4 is 0 Å². The van der Waals surface area contributed by atoms with Gasteiger partial charge in [0.1, 0.15) is 0 Å². The molecule has 0 bridgehead atoms. The van der Waals surface area contributed by atoms with E-state index in [1.165, 1.54) is 19.3 Å². The number of hydrogen-bond donors (Lipinski definition) is 0. The number of likely N-dealkylation sites (N-methyl/N-ethyl adjacent to an activating group) is 1. The van der Waals surface area contributed by atoms with E-state index in [0.717, 1.165) is 42.5 Å². The molecule has 14 heavy (non-hydrogen) atoms. The molecule has 1 aliphatic heterocycles. The fraction of sp³-hybridized carbons (Fsp3) is 0.750. The highest BCUT2D eigenvalue weighted by Crippen LogP contribution is 2.27. The van der Waals surface area contributed by atoms with Crippen molar-refractivity contribution in [2.45, 2.75) is 38.5 Å². The summed E-state index contributed by atoms with van der Waals surface area (Å²) in [5.41, 5.74) is 1.11. The summed E-state index contributed by atoms with van der Waals surface area (Å²) in [5.74, 6) is 0.403. The predicted molar refractivity (Wildman–Crippen MR) is 56.7 cm³/mol. The minimum Gasteiger partial charge on any atom is -0.291 e. The number of allylic oxidation sites excluding steroid dienone is 2. The first-order chi connectivity index (χ1) is 6.72. The number of Topliss-reactive ketones (excluding diaryl/α,β-unsaturated/α-hetero) is 1. The minimum atomic E-state index is 0.403. The van der Waals surface area contributed by atoms with Gasteiger partial charge in [0.15, 0.2) is 5.70 Å². The molecule has 2 heteroatoms. The molecule has 1 fully saturated rings. The van der Waals surface area contributed by atoms with Gasteiger partial charge in [-0.2, -0.15) is 0 Å². The van der Waals surface area contributed by atoms with E-state index in [0.29, 0.717) is 5.78 Å². The molecule has 0 atom stereocenters. The standard InChI is InChI=1S/C12H20NO/c1-13(9-5-2-6-10-13)11-7-3-4-8-12(11)14/h7H,2-6,8-10H2,1H3/q+1. The summed E-state index contributed by atoms with van der Waals surface area (Å²) in [5, 5.41) is 0. The second-order valence-corrected chi connectivity index (χ2v) is 4.81. The maximum atomic E-state index is 11.8. The quantitative estimate of drug-likeness (QED) is 0.585. The third-order valence-electron chi connectivity index (χ3n) is 3.62. The average Bonchev–Trinajstić information content (AvgIpc) is 2.19. The molecule has 0 N–H and O–H groups in total. The molecule has 1 saturated heterocycles. The van der Waals surface area contributed by atoms with Crippen LogP contribution in [0.4, 0.5) is 0 Å². The van der Waals surface area contributed by atoms with Crippen molar-refractivity contribution in [1.29, 1.82) is 0 Å². The van der Waals surface area contributed by atoms with Gasteiger partial charge >= 0.3 is 0 Å². The Morgan fingerprint density at radius 1 is 1.14 bits per heavy atom. The van der Waals surface area contributed by atoms with Crippen LogP contribution in [0, 0.1) is 0 Å². The lowest BCUT2D eigenvalue weighted by Gasteiger charge is -2.39. The van der Waals surface area contributed by atoms with Crippen molar-refractivity contribution in [2.24, 2.45) is 0 Å². The topological polar surface area (TPSA) is 17.1 Å². The second kappa shape index (κ2) is 3.85. The van der Waals surface area contributed by atoms with Crippen molar-refractivity contribution < 1.29 is 9.28 Å². The SMILES string of the molecule is C[N+]1(C2=CCCCC2=O)CCCCC1. The zero-order valence-corrected chi connectivity index (χ0v) is 9.09. The molecule has 0 unspecified atom stereocenters. The summed E-state index contributed by atoms with van der Waals surface area (Å²) in [6.07, 6.45) is 9.03. The van der Waals surface area contributed by atoms with Gasteiger partial charge in [0.05, 0.1) is 20.1 Å². The summed E-state index contributed by atoms with van der Waals surface area (Å²) in [6, 6.07) is 0. The van der Waals surface area contributed by atoms with Crippen LogP contribution in [0.3, 0.4) is 0 Å². The molecule has 0 aromatic rings. The number of nitrogens with zero attached hydrogens (tertiary/aromatic N) is 1. The zero-order valence-electron chi connectivity index (χ0n) is 9.09. The van der Waals surface area contributed by atoms with Gasteiger partial charge in [-0.05, 0) is 38.2 Å². The largest absolute Gasteiger partial charge is 0.291 e. The van der Waals surface area contributed by atoms with Crippen molar-refractivity contribution >= 4 is 5.78 Å². The highest BCUT2D eigenvalue weighted by molar-refractivity contribution is 5.93. The van der Waals surface area contributed by atoms with E-state index in [1.54, 1.807) is 0 Å². The van der Waals surface area contributed by atoms with Crippen LogP contribution in [0.25, 0.3) is 0 Å². The number of rotatable bonds is 1. The van der Waals surface area contributed by atoms with Crippen LogP contribution in [-0.2, 0) is 4.79 Å². The molecule has 0 aromatic heterocycles. The molecule has 2 nitrogen and oxygen atoms in total. The lowest BCUT2D eigenvalue weighted by molar-refractivity contribution is -0.873. The Kier molecular flexibility index (Phi) is 2.73. The summed E-state index contributed by atoms with van der Waals surface area (Å²) in [4.78, 5) is 11.8. The Morgan fingerprint density at radius 3 is 2.50 bits per heavy atom. The Bertz CT molecular complexity index is 261. The third kappa shape index (κ3) is 1.76. The molecule has 1 aliphatic carbocycles. The maximum absolute atomic E-state index is 11.8. The van der Waals surface area contributed by atoms with Gasteiger partial charge in [0, 0.05) is 6.42 Å². The molecule has 0 aromatic carbocycles. The van der Waals surface area contributed by atoms with E-state index in [1.807, 2.05) is 0 Å². The van der Waals surface area contributed by atoms with Crippen LogP contribution in [0.1, 0.15) is 38.5 Å². The number of quaternary nitrogens is 1. The van der Waals surface area contributed by atoms with E-state index in [-0.39, 0.29) is 0 Å². The average molecular weight is 194 g/mol. The maximum Gasteiger partial charge on any atom is 0.215 e. The van der Waals surface area contributed by atoms with Crippen LogP contribution in [-0.4, -0.2) is 30.4 Å². The highest BCUT2D eigenvalue weighted by Gasteiger charge is 2.34. The third-order valence-corrected chi connectivity index (χ3v) is 3.62. The fourth-order valence-corrected chi connectivity index (χ4v) is 2.72. The molecule has 1 heterocycles. The van der Waals surface area contributed by atoms with Gasteiger partial charge in [-0.1, -0.05) is 0 Å². The molecular formula is C12H20NO+. The van der Waals surface area contributed by atoms with Crippen molar-refractivity contribution in [3.63, 3.8) is 0 Å². The first-order valence-corrected chi connectivity index (χ1v) is 5.81. The van der Waals surface area contributed by atoms with Crippen LogP contribution in [0.2, 0.25) is 0 Å². The van der Waals surface area contributed by atoms with Crippen molar-refractivity contribution in [1.82, 2.24) is 0 Å².